The van der Waals surface area contributed by atoms with Gasteiger partial charge in [0.25, 0.3) is 0 Å². The van der Waals surface area contributed by atoms with Crippen LogP contribution < -0.4 is 0 Å². The lowest BCUT2D eigenvalue weighted by atomic mass is 10.00. The maximum absolute atomic E-state index is 14.4. The third-order valence-electron chi connectivity index (χ3n) is 6.16. The zero-order valence-corrected chi connectivity index (χ0v) is 19.7. The Morgan fingerprint density at radius 2 is 1.70 bits per heavy atom. The molecule has 0 aliphatic carbocycles. The van der Waals surface area contributed by atoms with Crippen molar-refractivity contribution < 1.29 is 21.8 Å². The molecular weight excluding hydrogens is 460 g/mol. The van der Waals surface area contributed by atoms with Crippen LogP contribution in [-0.2, 0) is 16.5 Å². The first-order chi connectivity index (χ1) is 15.3. The first-order valence-electron chi connectivity index (χ1n) is 10.2. The molecule has 0 aromatic carbocycles. The summed E-state index contributed by atoms with van der Waals surface area (Å²) in [5.41, 5.74) is 0.413. The molecule has 0 saturated carbocycles. The number of fused-ring (bicyclic) bond motifs is 2. The van der Waals surface area contributed by atoms with Crippen LogP contribution in [0.2, 0.25) is 0 Å². The lowest BCUT2D eigenvalue weighted by molar-refractivity contribution is -0.228. The lowest BCUT2D eigenvalue weighted by Crippen LogP contribution is -2.35. The highest BCUT2D eigenvalue weighted by molar-refractivity contribution is 7.85. The zero-order chi connectivity index (χ0) is 24.5. The summed E-state index contributed by atoms with van der Waals surface area (Å²) in [5, 5.41) is 12.7. The summed E-state index contributed by atoms with van der Waals surface area (Å²) in [7, 11) is -1.43. The molecule has 2 atom stereocenters. The van der Waals surface area contributed by atoms with Gasteiger partial charge < -0.3 is 0 Å². The number of alkyl halides is 4. The van der Waals surface area contributed by atoms with Gasteiger partial charge in [0.1, 0.15) is 5.69 Å². The van der Waals surface area contributed by atoms with Crippen molar-refractivity contribution in [2.45, 2.75) is 58.3 Å². The SMILES string of the molecule is CCS(=O)c1c(-c2nc3cc(C(C)(F)C(F)(F)F)cnn3n2)nn2c(C)c(C)c(C)c(C)c12. The van der Waals surface area contributed by atoms with Crippen LogP contribution in [0.25, 0.3) is 22.7 Å². The Morgan fingerprint density at radius 1 is 1.03 bits per heavy atom. The number of aryl methyl sites for hydroxylation is 2. The van der Waals surface area contributed by atoms with Crippen molar-refractivity contribution in [3.63, 3.8) is 0 Å². The van der Waals surface area contributed by atoms with Gasteiger partial charge in [0, 0.05) is 17.0 Å². The Kier molecular flexibility index (Phi) is 5.34. The minimum atomic E-state index is -5.12. The van der Waals surface area contributed by atoms with Gasteiger partial charge in [0.2, 0.25) is 11.5 Å². The third kappa shape index (κ3) is 3.42. The summed E-state index contributed by atoms with van der Waals surface area (Å²) in [6.45, 7) is 9.97. The highest BCUT2D eigenvalue weighted by Crippen LogP contribution is 2.42. The average Bonchev–Trinajstić information content (AvgIpc) is 3.36. The predicted molar refractivity (Wildman–Crippen MR) is 115 cm³/mol. The molecule has 0 N–H and O–H groups in total. The maximum atomic E-state index is 14.4. The van der Waals surface area contributed by atoms with Crippen LogP contribution in [0.15, 0.2) is 17.2 Å². The molecule has 7 nitrogen and oxygen atoms in total. The molecule has 0 aliphatic heterocycles. The lowest BCUT2D eigenvalue weighted by Gasteiger charge is -2.23. The minimum absolute atomic E-state index is 0.0434. The van der Waals surface area contributed by atoms with E-state index in [2.05, 4.69) is 20.3 Å². The summed E-state index contributed by atoms with van der Waals surface area (Å²) >= 11 is 0. The van der Waals surface area contributed by atoms with Gasteiger partial charge in [-0.25, -0.2) is 13.9 Å². The number of nitrogens with zero attached hydrogens (tertiary/aromatic N) is 6. The van der Waals surface area contributed by atoms with Crippen LogP contribution in [0.5, 0.6) is 0 Å². The number of pyridine rings is 1. The van der Waals surface area contributed by atoms with Crippen molar-refractivity contribution in [3.8, 4) is 11.5 Å². The van der Waals surface area contributed by atoms with E-state index in [0.717, 1.165) is 39.3 Å². The van der Waals surface area contributed by atoms with Gasteiger partial charge in [0.15, 0.2) is 5.65 Å². The van der Waals surface area contributed by atoms with E-state index in [4.69, 9.17) is 0 Å². The van der Waals surface area contributed by atoms with Crippen LogP contribution in [0.3, 0.4) is 0 Å². The van der Waals surface area contributed by atoms with Gasteiger partial charge in [0.05, 0.1) is 27.4 Å². The minimum Gasteiger partial charge on any atom is -0.254 e. The van der Waals surface area contributed by atoms with E-state index in [1.54, 1.807) is 11.4 Å². The van der Waals surface area contributed by atoms with E-state index in [0.29, 0.717) is 23.1 Å². The van der Waals surface area contributed by atoms with E-state index in [9.17, 15) is 21.8 Å². The van der Waals surface area contributed by atoms with E-state index in [1.807, 2.05) is 27.7 Å². The van der Waals surface area contributed by atoms with Gasteiger partial charge in [-0.15, -0.1) is 9.73 Å². The van der Waals surface area contributed by atoms with Crippen molar-refractivity contribution in [2.75, 3.05) is 5.75 Å². The molecule has 2 unspecified atom stereocenters. The quantitative estimate of drug-likeness (QED) is 0.399. The molecule has 0 saturated heterocycles. The zero-order valence-electron chi connectivity index (χ0n) is 18.9. The molecule has 0 fully saturated rings. The maximum Gasteiger partial charge on any atom is 0.426 e. The second kappa shape index (κ2) is 7.57. The van der Waals surface area contributed by atoms with Crippen molar-refractivity contribution in [1.82, 2.24) is 29.4 Å². The van der Waals surface area contributed by atoms with Gasteiger partial charge in [-0.1, -0.05) is 6.92 Å². The van der Waals surface area contributed by atoms with Gasteiger partial charge in [-0.05, 0) is 57.4 Å². The fraction of sp³-hybridized carbons (Fsp3) is 0.429. The largest absolute Gasteiger partial charge is 0.426 e. The topological polar surface area (TPSA) is 77.5 Å². The van der Waals surface area contributed by atoms with E-state index < -0.39 is 28.2 Å². The number of halogens is 4. The van der Waals surface area contributed by atoms with Gasteiger partial charge >= 0.3 is 6.18 Å². The summed E-state index contributed by atoms with van der Waals surface area (Å²) in [4.78, 5) is 4.71. The number of hydrogen-bond donors (Lipinski definition) is 0. The molecule has 0 spiro atoms. The third-order valence-corrected chi connectivity index (χ3v) is 7.53. The number of aromatic nitrogens is 6. The monoisotopic (exact) mass is 482 g/mol. The summed E-state index contributed by atoms with van der Waals surface area (Å²) in [5.74, 6) is 0.364. The van der Waals surface area contributed by atoms with E-state index >= 15 is 0 Å². The van der Waals surface area contributed by atoms with Gasteiger partial charge in [-0.2, -0.15) is 23.4 Å². The van der Waals surface area contributed by atoms with Crippen LogP contribution in [0.1, 0.15) is 41.8 Å². The standard InChI is InChI=1S/C21H22F4N6OS/c1-7-33(32)18-16(28-30-13(5)11(3)10(2)12(4)17(18)30)19-27-15-8-14(9-26-31(15)29-19)20(6,22)21(23,24)25/h8-9H,7H2,1-6H3. The fourth-order valence-electron chi connectivity index (χ4n) is 3.68. The molecule has 0 amide bonds. The smallest absolute Gasteiger partial charge is 0.254 e. The first kappa shape index (κ1) is 23.3. The molecular formula is C21H22F4N6OS. The Balaban J connectivity index is 1.99. The highest BCUT2D eigenvalue weighted by atomic mass is 32.2. The van der Waals surface area contributed by atoms with Crippen molar-refractivity contribution in [3.05, 3.63) is 40.2 Å². The molecule has 4 heterocycles. The van der Waals surface area contributed by atoms with Crippen molar-refractivity contribution in [1.29, 1.82) is 0 Å². The first-order valence-corrected chi connectivity index (χ1v) is 11.5. The van der Waals surface area contributed by atoms with E-state index in [1.165, 1.54) is 0 Å². The van der Waals surface area contributed by atoms with Gasteiger partial charge in [-0.3, -0.25) is 4.21 Å². The van der Waals surface area contributed by atoms with Crippen molar-refractivity contribution in [2.24, 2.45) is 0 Å². The normalized spacial score (nSPS) is 15.3. The Hall–Kier alpha value is -2.89. The van der Waals surface area contributed by atoms with E-state index in [-0.39, 0.29) is 17.2 Å². The molecule has 4 rings (SSSR count). The highest BCUT2D eigenvalue weighted by Gasteiger charge is 2.53. The fourth-order valence-corrected chi connectivity index (χ4v) is 4.77. The second-order valence-electron chi connectivity index (χ2n) is 8.06. The molecule has 0 aliphatic rings. The predicted octanol–water partition coefficient (Wildman–Crippen LogP) is 4.55. The Bertz CT molecular complexity index is 1440. The average molecular weight is 483 g/mol. The van der Waals surface area contributed by atoms with Crippen LogP contribution >= 0.6 is 0 Å². The number of hydrogen-bond acceptors (Lipinski definition) is 5. The second-order valence-corrected chi connectivity index (χ2v) is 9.74. The molecule has 0 bridgehead atoms. The Morgan fingerprint density at radius 3 is 2.30 bits per heavy atom. The molecule has 4 aromatic rings. The molecule has 176 valence electrons. The molecule has 33 heavy (non-hydrogen) atoms. The van der Waals surface area contributed by atoms with Crippen molar-refractivity contribution >= 4 is 22.0 Å². The van der Waals surface area contributed by atoms with Crippen LogP contribution in [-0.4, -0.2) is 45.6 Å². The Labute approximate surface area is 189 Å². The molecule has 12 heteroatoms. The van der Waals surface area contributed by atoms with Crippen LogP contribution in [0.4, 0.5) is 17.6 Å². The summed E-state index contributed by atoms with van der Waals surface area (Å²) in [6.07, 6.45) is -4.35. The number of rotatable bonds is 4. The molecule has 4 aromatic heterocycles. The van der Waals surface area contributed by atoms with Crippen LogP contribution in [0, 0.1) is 27.7 Å². The molecule has 0 radical (unpaired) electrons. The summed E-state index contributed by atoms with van der Waals surface area (Å²) in [6, 6.07) is 0.952. The summed E-state index contributed by atoms with van der Waals surface area (Å²) < 4.78 is 69.6.